The zero-order valence-corrected chi connectivity index (χ0v) is 13.6. The Morgan fingerprint density at radius 1 is 0.792 bits per heavy atom. The van der Waals surface area contributed by atoms with E-state index < -0.39 is 68.5 Å². The molecule has 1 heterocycles. The molecule has 0 radical (unpaired) electrons. The molecule has 0 unspecified atom stereocenters. The Morgan fingerprint density at radius 3 is 1.67 bits per heavy atom. The monoisotopic (exact) mass is 420 g/mol. The van der Waals surface area contributed by atoms with Gasteiger partial charge in [0.25, 0.3) is 0 Å². The molecule has 15 nitrogen and oxygen atoms in total. The summed E-state index contributed by atoms with van der Waals surface area (Å²) in [5.74, 6) is 0. The van der Waals surface area contributed by atoms with Gasteiger partial charge in [-0.3, -0.25) is 13.7 Å². The average Bonchev–Trinajstić information content (AvgIpc) is 2.32. The molecule has 0 aromatic rings. The molecular formula is C6H12O15S3. The minimum Gasteiger partial charge on any atom is -0.387 e. The van der Waals surface area contributed by atoms with Crippen molar-refractivity contribution in [3.05, 3.63) is 0 Å². The fraction of sp³-hybridized carbons (Fsp3) is 1.00. The minimum absolute atomic E-state index is 1.17. The van der Waals surface area contributed by atoms with Crippen LogP contribution >= 0.6 is 0 Å². The van der Waals surface area contributed by atoms with Crippen LogP contribution in [0.4, 0.5) is 0 Å². The van der Waals surface area contributed by atoms with E-state index >= 15 is 0 Å². The highest BCUT2D eigenvalue weighted by molar-refractivity contribution is 7.81. The average molecular weight is 420 g/mol. The van der Waals surface area contributed by atoms with E-state index in [0.717, 1.165) is 0 Å². The lowest BCUT2D eigenvalue weighted by atomic mass is 9.99. The van der Waals surface area contributed by atoms with Crippen molar-refractivity contribution in [2.75, 3.05) is 6.61 Å². The Labute approximate surface area is 135 Å². The second-order valence-electron chi connectivity index (χ2n) is 4.25. The summed E-state index contributed by atoms with van der Waals surface area (Å²) in [6.07, 6.45) is -11.3. The number of hydrogen-bond donors (Lipinski definition) is 5. The number of ether oxygens (including phenoxy) is 1. The summed E-state index contributed by atoms with van der Waals surface area (Å²) in [5.41, 5.74) is 0. The fourth-order valence-electron chi connectivity index (χ4n) is 1.69. The van der Waals surface area contributed by atoms with E-state index in [4.69, 9.17) is 13.7 Å². The lowest BCUT2D eigenvalue weighted by Gasteiger charge is -2.40. The molecule has 1 rings (SSSR count). The maximum atomic E-state index is 10.8. The van der Waals surface area contributed by atoms with Crippen LogP contribution in [0.2, 0.25) is 0 Å². The Balaban J connectivity index is 3.08. The Hall–Kier alpha value is -0.510. The molecule has 1 aliphatic heterocycles. The lowest BCUT2D eigenvalue weighted by Crippen LogP contribution is -2.61. The van der Waals surface area contributed by atoms with Gasteiger partial charge in [0.15, 0.2) is 12.4 Å². The zero-order chi connectivity index (χ0) is 18.9. The van der Waals surface area contributed by atoms with Gasteiger partial charge in [-0.1, -0.05) is 0 Å². The summed E-state index contributed by atoms with van der Waals surface area (Å²) in [6, 6.07) is 0. The van der Waals surface area contributed by atoms with Gasteiger partial charge in [-0.25, -0.2) is 12.5 Å². The molecule has 0 saturated carbocycles. The summed E-state index contributed by atoms with van der Waals surface area (Å²) in [7, 11) is -15.6. The molecular weight excluding hydrogens is 408 g/mol. The van der Waals surface area contributed by atoms with Crippen molar-refractivity contribution >= 4 is 31.2 Å². The molecule has 1 saturated heterocycles. The highest BCUT2D eigenvalue weighted by Gasteiger charge is 2.50. The Morgan fingerprint density at radius 2 is 1.25 bits per heavy atom. The summed E-state index contributed by atoms with van der Waals surface area (Å²) < 4.78 is 106. The van der Waals surface area contributed by atoms with Crippen LogP contribution in [-0.2, 0) is 48.5 Å². The summed E-state index contributed by atoms with van der Waals surface area (Å²) in [6.45, 7) is -1.17. The second kappa shape index (κ2) is 7.39. The van der Waals surface area contributed by atoms with E-state index in [1.807, 2.05) is 0 Å². The van der Waals surface area contributed by atoms with Crippen LogP contribution in [0.3, 0.4) is 0 Å². The number of rotatable bonds is 7. The Kier molecular flexibility index (Phi) is 6.63. The zero-order valence-electron chi connectivity index (χ0n) is 11.1. The van der Waals surface area contributed by atoms with Gasteiger partial charge in [0.1, 0.15) is 18.3 Å². The van der Waals surface area contributed by atoms with Crippen LogP contribution in [0, 0.1) is 0 Å². The largest absolute Gasteiger partial charge is 0.397 e. The van der Waals surface area contributed by atoms with E-state index in [-0.39, 0.29) is 0 Å². The third-order valence-electron chi connectivity index (χ3n) is 2.48. The topological polar surface area (TPSA) is 240 Å². The van der Waals surface area contributed by atoms with Crippen LogP contribution in [0.1, 0.15) is 0 Å². The van der Waals surface area contributed by atoms with Gasteiger partial charge >= 0.3 is 31.2 Å². The van der Waals surface area contributed by atoms with Gasteiger partial charge in [-0.2, -0.15) is 25.3 Å². The molecule has 18 heteroatoms. The second-order valence-corrected chi connectivity index (χ2v) is 7.43. The molecule has 1 aliphatic rings. The quantitative estimate of drug-likeness (QED) is 0.248. The van der Waals surface area contributed by atoms with Crippen LogP contribution in [0.5, 0.6) is 0 Å². The molecule has 0 bridgehead atoms. The molecule has 24 heavy (non-hydrogen) atoms. The van der Waals surface area contributed by atoms with Crippen molar-refractivity contribution in [2.45, 2.75) is 30.7 Å². The first kappa shape index (κ1) is 21.5. The molecule has 0 spiro atoms. The number of aliphatic hydroxyl groups excluding tert-OH is 2. The first-order valence-electron chi connectivity index (χ1n) is 5.54. The van der Waals surface area contributed by atoms with Gasteiger partial charge < -0.3 is 14.9 Å². The summed E-state index contributed by atoms with van der Waals surface area (Å²) >= 11 is 0. The first-order valence-corrected chi connectivity index (χ1v) is 9.63. The highest BCUT2D eigenvalue weighted by Crippen LogP contribution is 2.27. The predicted octanol–water partition coefficient (Wildman–Crippen LogP) is -3.74. The van der Waals surface area contributed by atoms with Crippen molar-refractivity contribution in [3.8, 4) is 0 Å². The molecule has 0 aromatic heterocycles. The number of hydrogen-bond acceptors (Lipinski definition) is 12. The smallest absolute Gasteiger partial charge is 0.387 e. The van der Waals surface area contributed by atoms with Crippen LogP contribution in [0.15, 0.2) is 0 Å². The minimum atomic E-state index is -5.33. The maximum Gasteiger partial charge on any atom is 0.397 e. The molecule has 5 N–H and O–H groups in total. The highest BCUT2D eigenvalue weighted by atomic mass is 32.3. The van der Waals surface area contributed by atoms with Gasteiger partial charge in [-0.05, 0) is 0 Å². The van der Waals surface area contributed by atoms with Crippen molar-refractivity contribution in [3.63, 3.8) is 0 Å². The molecule has 0 aliphatic carbocycles. The maximum absolute atomic E-state index is 10.8. The summed E-state index contributed by atoms with van der Waals surface area (Å²) in [4.78, 5) is 0. The molecule has 1 fully saturated rings. The van der Waals surface area contributed by atoms with E-state index in [2.05, 4.69) is 17.3 Å². The molecule has 0 aromatic carbocycles. The van der Waals surface area contributed by atoms with Crippen LogP contribution < -0.4 is 0 Å². The predicted molar refractivity (Wildman–Crippen MR) is 67.2 cm³/mol. The van der Waals surface area contributed by atoms with Gasteiger partial charge in [0.05, 0.1) is 6.61 Å². The van der Waals surface area contributed by atoms with Gasteiger partial charge in [0, 0.05) is 0 Å². The van der Waals surface area contributed by atoms with E-state index in [1.54, 1.807) is 0 Å². The van der Waals surface area contributed by atoms with E-state index in [9.17, 15) is 35.5 Å². The standard InChI is InChI=1S/C6H12O15S3/c7-3-2(1-18-22(9,10)11)19-6(8)5(21-24(15,16)17)4(3)20-23(12,13)14/h2-8H,1H2,(H,9,10,11)(H,12,13,14)(H,15,16,17)/t2-,3+,4+,5-,6+/m1/s1. The Bertz CT molecular complexity index is 736. The lowest BCUT2D eigenvalue weighted by molar-refractivity contribution is -0.275. The molecule has 144 valence electrons. The van der Waals surface area contributed by atoms with Crippen molar-refractivity contribution in [1.29, 1.82) is 0 Å². The van der Waals surface area contributed by atoms with E-state index in [0.29, 0.717) is 0 Å². The van der Waals surface area contributed by atoms with Crippen molar-refractivity contribution in [2.24, 2.45) is 0 Å². The first-order chi connectivity index (χ1) is 10.6. The van der Waals surface area contributed by atoms with E-state index in [1.165, 1.54) is 0 Å². The number of aliphatic hydroxyl groups is 2. The SMILES string of the molecule is O=S(=O)(O)OC[C@H]1O[C@H](O)[C@H](OS(=O)(=O)O)[C@@H](OS(=O)(=O)O)[C@H]1O. The summed E-state index contributed by atoms with van der Waals surface area (Å²) in [5, 5.41) is 19.4. The normalized spacial score (nSPS) is 32.6. The van der Waals surface area contributed by atoms with Gasteiger partial charge in [0.2, 0.25) is 0 Å². The van der Waals surface area contributed by atoms with Crippen molar-refractivity contribution in [1.82, 2.24) is 0 Å². The fourth-order valence-corrected chi connectivity index (χ4v) is 2.99. The van der Waals surface area contributed by atoms with Crippen LogP contribution in [-0.4, -0.2) is 86.4 Å². The van der Waals surface area contributed by atoms with Crippen LogP contribution in [0.25, 0.3) is 0 Å². The third kappa shape index (κ3) is 7.16. The third-order valence-corrected chi connectivity index (χ3v) is 3.85. The molecule has 0 amide bonds. The molecule has 5 atom stereocenters. The van der Waals surface area contributed by atoms with Crippen molar-refractivity contribution < 1.29 is 66.4 Å². The van der Waals surface area contributed by atoms with Gasteiger partial charge in [-0.15, -0.1) is 0 Å².